The molecule has 0 radical (unpaired) electrons. The molecule has 0 saturated heterocycles. The first-order valence-corrected chi connectivity index (χ1v) is 7.28. The maximum Gasteiger partial charge on any atom is 0.202 e. The van der Waals surface area contributed by atoms with Crippen LogP contribution in [-0.4, -0.2) is 20.8 Å². The average molecular weight is 258 g/mol. The van der Waals surface area contributed by atoms with Gasteiger partial charge in [0.05, 0.1) is 5.38 Å². The van der Waals surface area contributed by atoms with Gasteiger partial charge in [-0.3, -0.25) is 0 Å². The standard InChI is InChI=1S/C11H16ClN3S/c12-8-3-1-2-4-9(8)13-11-14-10(15-16-11)7-5-6-7/h7-9H,1-6H2,(H,13,14,15). The van der Waals surface area contributed by atoms with Gasteiger partial charge in [-0.2, -0.15) is 4.37 Å². The second kappa shape index (κ2) is 4.49. The summed E-state index contributed by atoms with van der Waals surface area (Å²) < 4.78 is 4.39. The molecule has 2 atom stereocenters. The topological polar surface area (TPSA) is 37.8 Å². The lowest BCUT2D eigenvalue weighted by Gasteiger charge is -2.27. The molecule has 2 unspecified atom stereocenters. The van der Waals surface area contributed by atoms with E-state index in [1.165, 1.54) is 37.2 Å². The van der Waals surface area contributed by atoms with Crippen molar-refractivity contribution in [3.05, 3.63) is 5.82 Å². The molecule has 2 aliphatic rings. The minimum absolute atomic E-state index is 0.252. The highest BCUT2D eigenvalue weighted by molar-refractivity contribution is 7.09. The molecule has 88 valence electrons. The van der Waals surface area contributed by atoms with E-state index in [0.29, 0.717) is 12.0 Å². The fraction of sp³-hybridized carbons (Fsp3) is 0.818. The third-order valence-corrected chi connectivity index (χ3v) is 4.56. The molecule has 0 spiro atoms. The van der Waals surface area contributed by atoms with Crippen LogP contribution in [0.15, 0.2) is 0 Å². The summed E-state index contributed by atoms with van der Waals surface area (Å²) in [5.74, 6) is 1.68. The minimum atomic E-state index is 0.252. The maximum atomic E-state index is 6.31. The SMILES string of the molecule is ClC1CCCCC1Nc1nc(C2CC2)ns1. The lowest BCUT2D eigenvalue weighted by molar-refractivity contribution is 0.469. The zero-order chi connectivity index (χ0) is 11.0. The van der Waals surface area contributed by atoms with Crippen molar-refractivity contribution in [2.24, 2.45) is 0 Å². The second-order valence-electron chi connectivity index (χ2n) is 4.78. The van der Waals surface area contributed by atoms with Gasteiger partial charge in [-0.25, -0.2) is 4.98 Å². The number of hydrogen-bond donors (Lipinski definition) is 1. The van der Waals surface area contributed by atoms with Crippen LogP contribution in [0.1, 0.15) is 50.3 Å². The Hall–Kier alpha value is -0.350. The number of nitrogens with one attached hydrogen (secondary N) is 1. The molecule has 3 rings (SSSR count). The number of alkyl halides is 1. The van der Waals surface area contributed by atoms with Crippen LogP contribution in [0.4, 0.5) is 5.13 Å². The molecule has 1 heterocycles. The molecule has 0 amide bonds. The van der Waals surface area contributed by atoms with Gasteiger partial charge in [0.1, 0.15) is 5.82 Å². The molecular weight excluding hydrogens is 242 g/mol. The molecule has 16 heavy (non-hydrogen) atoms. The molecule has 1 N–H and O–H groups in total. The summed E-state index contributed by atoms with van der Waals surface area (Å²) in [6.45, 7) is 0. The molecule has 2 saturated carbocycles. The summed E-state index contributed by atoms with van der Waals surface area (Å²) in [5, 5.41) is 4.66. The summed E-state index contributed by atoms with van der Waals surface area (Å²) in [4.78, 5) is 4.54. The zero-order valence-corrected chi connectivity index (χ0v) is 10.7. The van der Waals surface area contributed by atoms with Gasteiger partial charge in [-0.15, -0.1) is 11.6 Å². The predicted octanol–water partition coefficient (Wildman–Crippen LogP) is 3.38. The van der Waals surface area contributed by atoms with Crippen molar-refractivity contribution in [3.63, 3.8) is 0 Å². The molecule has 0 bridgehead atoms. The van der Waals surface area contributed by atoms with Crippen molar-refractivity contribution in [1.29, 1.82) is 0 Å². The van der Waals surface area contributed by atoms with Gasteiger partial charge in [-0.05, 0) is 25.7 Å². The van der Waals surface area contributed by atoms with Crippen molar-refractivity contribution >= 4 is 28.3 Å². The van der Waals surface area contributed by atoms with Crippen molar-refractivity contribution in [1.82, 2.24) is 9.36 Å². The van der Waals surface area contributed by atoms with Gasteiger partial charge < -0.3 is 5.32 Å². The van der Waals surface area contributed by atoms with Gasteiger partial charge in [0.2, 0.25) is 5.13 Å². The van der Waals surface area contributed by atoms with E-state index < -0.39 is 0 Å². The number of rotatable bonds is 3. The number of nitrogens with zero attached hydrogens (tertiary/aromatic N) is 2. The van der Waals surface area contributed by atoms with E-state index in [9.17, 15) is 0 Å². The van der Waals surface area contributed by atoms with Crippen LogP contribution in [0.5, 0.6) is 0 Å². The predicted molar refractivity (Wildman–Crippen MR) is 67.4 cm³/mol. The third kappa shape index (κ3) is 2.33. The van der Waals surface area contributed by atoms with Crippen molar-refractivity contribution in [3.8, 4) is 0 Å². The smallest absolute Gasteiger partial charge is 0.202 e. The summed E-state index contributed by atoms with van der Waals surface area (Å²) in [7, 11) is 0. The molecule has 5 heteroatoms. The highest BCUT2D eigenvalue weighted by Crippen LogP contribution is 2.39. The summed E-state index contributed by atoms with van der Waals surface area (Å²) in [6, 6.07) is 0.385. The van der Waals surface area contributed by atoms with E-state index in [1.807, 2.05) is 0 Å². The Morgan fingerprint density at radius 1 is 1.19 bits per heavy atom. The van der Waals surface area contributed by atoms with Crippen molar-refractivity contribution in [2.75, 3.05) is 5.32 Å². The Bertz CT molecular complexity index is 364. The average Bonchev–Trinajstić information content (AvgIpc) is 3.03. The van der Waals surface area contributed by atoms with Gasteiger partial charge in [0.15, 0.2) is 0 Å². The first-order chi connectivity index (χ1) is 7.83. The number of anilines is 1. The Balaban J connectivity index is 1.63. The second-order valence-corrected chi connectivity index (χ2v) is 6.10. The first-order valence-electron chi connectivity index (χ1n) is 6.07. The van der Waals surface area contributed by atoms with Gasteiger partial charge >= 0.3 is 0 Å². The third-order valence-electron chi connectivity index (χ3n) is 3.37. The van der Waals surface area contributed by atoms with Crippen molar-refractivity contribution < 1.29 is 0 Å². The summed E-state index contributed by atoms with van der Waals surface area (Å²) in [5.41, 5.74) is 0. The Morgan fingerprint density at radius 2 is 2.00 bits per heavy atom. The van der Waals surface area contributed by atoms with E-state index in [2.05, 4.69) is 14.7 Å². The normalized spacial score (nSPS) is 30.3. The fourth-order valence-corrected chi connectivity index (χ4v) is 3.26. The van der Waals surface area contributed by atoms with E-state index >= 15 is 0 Å². The van der Waals surface area contributed by atoms with E-state index in [-0.39, 0.29) is 5.38 Å². The summed E-state index contributed by atoms with van der Waals surface area (Å²) >= 11 is 7.79. The lowest BCUT2D eigenvalue weighted by atomic mass is 9.95. The number of aromatic nitrogens is 2. The molecule has 3 nitrogen and oxygen atoms in total. The number of hydrogen-bond acceptors (Lipinski definition) is 4. The van der Waals surface area contributed by atoms with Crippen LogP contribution in [0, 0.1) is 0 Å². The maximum absolute atomic E-state index is 6.31. The van der Waals surface area contributed by atoms with Gasteiger partial charge in [0.25, 0.3) is 0 Å². The van der Waals surface area contributed by atoms with Crippen LogP contribution in [-0.2, 0) is 0 Å². The molecule has 1 aromatic heterocycles. The largest absolute Gasteiger partial charge is 0.356 e. The van der Waals surface area contributed by atoms with Crippen LogP contribution in [0.3, 0.4) is 0 Å². The first kappa shape index (κ1) is 10.8. The zero-order valence-electron chi connectivity index (χ0n) is 9.16. The Kier molecular flexibility index (Phi) is 3.03. The van der Waals surface area contributed by atoms with Crippen LogP contribution in [0.25, 0.3) is 0 Å². The number of halogens is 1. The van der Waals surface area contributed by atoms with Crippen LogP contribution in [0.2, 0.25) is 0 Å². The molecule has 0 aliphatic heterocycles. The van der Waals surface area contributed by atoms with Gasteiger partial charge in [0, 0.05) is 23.5 Å². The fourth-order valence-electron chi connectivity index (χ4n) is 2.21. The quantitative estimate of drug-likeness (QED) is 0.844. The molecule has 1 aromatic rings. The highest BCUT2D eigenvalue weighted by atomic mass is 35.5. The van der Waals surface area contributed by atoms with E-state index in [1.54, 1.807) is 0 Å². The van der Waals surface area contributed by atoms with E-state index in [4.69, 9.17) is 11.6 Å². The monoisotopic (exact) mass is 257 g/mol. The van der Waals surface area contributed by atoms with Crippen LogP contribution >= 0.6 is 23.1 Å². The van der Waals surface area contributed by atoms with Crippen molar-refractivity contribution in [2.45, 2.75) is 55.9 Å². The Morgan fingerprint density at radius 3 is 2.75 bits per heavy atom. The molecular formula is C11H16ClN3S. The molecule has 2 fully saturated rings. The lowest BCUT2D eigenvalue weighted by Crippen LogP contribution is -2.32. The highest BCUT2D eigenvalue weighted by Gasteiger charge is 2.29. The molecule has 0 aromatic carbocycles. The van der Waals surface area contributed by atoms with E-state index in [0.717, 1.165) is 23.8 Å². The summed E-state index contributed by atoms with van der Waals surface area (Å²) in [6.07, 6.45) is 7.33. The Labute approximate surface area is 105 Å². The minimum Gasteiger partial charge on any atom is -0.356 e. The van der Waals surface area contributed by atoms with Crippen LogP contribution < -0.4 is 5.32 Å². The van der Waals surface area contributed by atoms with Gasteiger partial charge in [-0.1, -0.05) is 12.8 Å². The molecule has 2 aliphatic carbocycles.